The Labute approximate surface area is 79.0 Å². The summed E-state index contributed by atoms with van der Waals surface area (Å²) < 4.78 is 5.50. The Morgan fingerprint density at radius 1 is 1.07 bits per heavy atom. The first-order valence-corrected chi connectivity index (χ1v) is 4.34. The van der Waals surface area contributed by atoms with E-state index in [1.807, 2.05) is 12.3 Å². The van der Waals surface area contributed by atoms with E-state index in [-0.39, 0.29) is 5.43 Å². The van der Waals surface area contributed by atoms with Gasteiger partial charge in [-0.25, -0.2) is 0 Å². The second kappa shape index (κ2) is 2.48. The Kier molecular flexibility index (Phi) is 1.31. The highest BCUT2D eigenvalue weighted by atomic mass is 16.3. The van der Waals surface area contributed by atoms with Gasteiger partial charge in [-0.1, -0.05) is 0 Å². The number of hydrogen-bond acceptors (Lipinski definition) is 2. The first kappa shape index (κ1) is 7.38. The Morgan fingerprint density at radius 3 is 2.86 bits per heavy atom. The number of H-pyrrole nitrogens is 1. The summed E-state index contributed by atoms with van der Waals surface area (Å²) in [5.41, 5.74) is 1.39. The summed E-state index contributed by atoms with van der Waals surface area (Å²) in [7, 11) is 0. The summed E-state index contributed by atoms with van der Waals surface area (Å²) in [4.78, 5) is 14.0. The van der Waals surface area contributed by atoms with Crippen molar-refractivity contribution in [2.24, 2.45) is 0 Å². The zero-order chi connectivity index (χ0) is 9.54. The quantitative estimate of drug-likeness (QED) is 0.584. The molecule has 0 aliphatic rings. The Morgan fingerprint density at radius 2 is 1.93 bits per heavy atom. The van der Waals surface area contributed by atoms with Crippen molar-refractivity contribution in [1.29, 1.82) is 0 Å². The van der Waals surface area contributed by atoms with Crippen LogP contribution in [0, 0.1) is 0 Å². The smallest absolute Gasteiger partial charge is 0.182 e. The lowest BCUT2D eigenvalue weighted by Gasteiger charge is -1.85. The van der Waals surface area contributed by atoms with Gasteiger partial charge >= 0.3 is 0 Å². The number of benzene rings is 1. The number of fused-ring (bicyclic) bond motifs is 3. The Hall–Kier alpha value is -2.03. The van der Waals surface area contributed by atoms with Crippen molar-refractivity contribution >= 4 is 21.9 Å². The van der Waals surface area contributed by atoms with Crippen LogP contribution in [0.4, 0.5) is 0 Å². The predicted octanol–water partition coefficient (Wildman–Crippen LogP) is 2.27. The van der Waals surface area contributed by atoms with Crippen molar-refractivity contribution in [2.45, 2.75) is 0 Å². The molecule has 14 heavy (non-hydrogen) atoms. The van der Waals surface area contributed by atoms with Gasteiger partial charge < -0.3 is 9.40 Å². The largest absolute Gasteiger partial charge is 0.454 e. The third-order valence-electron chi connectivity index (χ3n) is 2.29. The molecule has 2 heterocycles. The van der Waals surface area contributed by atoms with Crippen LogP contribution >= 0.6 is 0 Å². The van der Waals surface area contributed by atoms with Crippen molar-refractivity contribution in [1.82, 2.24) is 4.98 Å². The molecule has 3 heteroatoms. The van der Waals surface area contributed by atoms with Crippen LogP contribution in [0.3, 0.4) is 0 Å². The van der Waals surface area contributed by atoms with Gasteiger partial charge in [0.2, 0.25) is 0 Å². The molecule has 1 aromatic carbocycles. The molecule has 0 radical (unpaired) electrons. The number of aromatic amines is 1. The summed E-state index contributed by atoms with van der Waals surface area (Å²) in [6.45, 7) is 0. The number of rotatable bonds is 0. The van der Waals surface area contributed by atoms with E-state index >= 15 is 0 Å². The van der Waals surface area contributed by atoms with Gasteiger partial charge in [0, 0.05) is 29.2 Å². The molecule has 0 saturated heterocycles. The van der Waals surface area contributed by atoms with Crippen LogP contribution < -0.4 is 5.43 Å². The van der Waals surface area contributed by atoms with E-state index in [4.69, 9.17) is 4.42 Å². The lowest BCUT2D eigenvalue weighted by Crippen LogP contribution is -1.92. The van der Waals surface area contributed by atoms with E-state index in [1.54, 1.807) is 18.3 Å². The summed E-state index contributed by atoms with van der Waals surface area (Å²) in [6, 6.07) is 6.79. The molecule has 0 amide bonds. The lowest BCUT2D eigenvalue weighted by molar-refractivity contribution is 0.666. The SMILES string of the molecule is O=c1ccc2c(c1)oc1c[nH]ccc12. The molecule has 0 atom stereocenters. The topological polar surface area (TPSA) is 46.0 Å². The number of furan rings is 1. The van der Waals surface area contributed by atoms with Gasteiger partial charge in [0.05, 0.1) is 0 Å². The van der Waals surface area contributed by atoms with Crippen LogP contribution in [-0.4, -0.2) is 4.98 Å². The van der Waals surface area contributed by atoms with Crippen LogP contribution in [0.1, 0.15) is 0 Å². The van der Waals surface area contributed by atoms with Crippen molar-refractivity contribution in [3.05, 3.63) is 46.9 Å². The van der Waals surface area contributed by atoms with Gasteiger partial charge in [-0.05, 0) is 18.2 Å². The van der Waals surface area contributed by atoms with Crippen molar-refractivity contribution in [3.8, 4) is 0 Å². The molecule has 0 unspecified atom stereocenters. The fraction of sp³-hybridized carbons (Fsp3) is 0. The summed E-state index contributed by atoms with van der Waals surface area (Å²) in [5.74, 6) is 0. The Bertz CT molecular complexity index is 663. The number of hydrogen-bond donors (Lipinski definition) is 1. The predicted molar refractivity (Wildman–Crippen MR) is 54.3 cm³/mol. The number of aromatic nitrogens is 1. The highest BCUT2D eigenvalue weighted by Crippen LogP contribution is 2.25. The minimum atomic E-state index is -0.0273. The van der Waals surface area contributed by atoms with Crippen LogP contribution in [-0.2, 0) is 0 Å². The third-order valence-corrected chi connectivity index (χ3v) is 2.29. The van der Waals surface area contributed by atoms with E-state index < -0.39 is 0 Å². The monoisotopic (exact) mass is 185 g/mol. The second-order valence-corrected chi connectivity index (χ2v) is 3.18. The maximum atomic E-state index is 11.1. The fourth-order valence-corrected chi connectivity index (χ4v) is 1.65. The van der Waals surface area contributed by atoms with Gasteiger partial charge in [-0.15, -0.1) is 0 Å². The highest BCUT2D eigenvalue weighted by molar-refractivity contribution is 6.04. The zero-order valence-electron chi connectivity index (χ0n) is 7.28. The molecule has 0 aliphatic carbocycles. The van der Waals surface area contributed by atoms with Crippen LogP contribution in [0.25, 0.3) is 21.9 Å². The van der Waals surface area contributed by atoms with Gasteiger partial charge in [0.1, 0.15) is 5.58 Å². The molecule has 0 spiro atoms. The van der Waals surface area contributed by atoms with Gasteiger partial charge in [0.25, 0.3) is 0 Å². The summed E-state index contributed by atoms with van der Waals surface area (Å²) in [6.07, 6.45) is 3.61. The molecule has 1 N–H and O–H groups in total. The normalized spacial score (nSPS) is 11.1. The van der Waals surface area contributed by atoms with Crippen molar-refractivity contribution in [2.75, 3.05) is 0 Å². The minimum absolute atomic E-state index is 0.0273. The molecule has 0 aliphatic heterocycles. The molecule has 0 saturated carbocycles. The molecule has 0 fully saturated rings. The van der Waals surface area contributed by atoms with Crippen molar-refractivity contribution in [3.63, 3.8) is 0 Å². The van der Waals surface area contributed by atoms with Gasteiger partial charge in [-0.2, -0.15) is 0 Å². The van der Waals surface area contributed by atoms with Gasteiger partial charge in [0.15, 0.2) is 11.0 Å². The van der Waals surface area contributed by atoms with E-state index in [1.165, 1.54) is 6.07 Å². The second-order valence-electron chi connectivity index (χ2n) is 3.18. The molecular weight excluding hydrogens is 178 g/mol. The molecule has 3 aromatic rings. The number of nitrogens with one attached hydrogen (secondary N) is 1. The average Bonchev–Trinajstić information content (AvgIpc) is 2.54. The van der Waals surface area contributed by atoms with Crippen LogP contribution in [0.2, 0.25) is 0 Å². The Balaban J connectivity index is 2.63. The van der Waals surface area contributed by atoms with Crippen LogP contribution in [0.15, 0.2) is 45.9 Å². The molecule has 3 rings (SSSR count). The first-order chi connectivity index (χ1) is 6.84. The van der Waals surface area contributed by atoms with Crippen molar-refractivity contribution < 1.29 is 4.42 Å². The van der Waals surface area contributed by atoms with E-state index in [0.29, 0.717) is 5.58 Å². The van der Waals surface area contributed by atoms with Crippen LogP contribution in [0.5, 0.6) is 0 Å². The fourth-order valence-electron chi connectivity index (χ4n) is 1.65. The molecule has 0 bridgehead atoms. The molecule has 68 valence electrons. The zero-order valence-corrected chi connectivity index (χ0v) is 7.28. The van der Waals surface area contributed by atoms with E-state index in [9.17, 15) is 4.79 Å². The van der Waals surface area contributed by atoms with E-state index in [0.717, 1.165) is 16.4 Å². The molecule has 3 nitrogen and oxygen atoms in total. The minimum Gasteiger partial charge on any atom is -0.454 e. The summed E-state index contributed by atoms with van der Waals surface area (Å²) in [5, 5.41) is 2.01. The lowest BCUT2D eigenvalue weighted by atomic mass is 10.2. The summed E-state index contributed by atoms with van der Waals surface area (Å²) >= 11 is 0. The molecule has 2 aromatic heterocycles. The highest BCUT2D eigenvalue weighted by Gasteiger charge is 2.05. The first-order valence-electron chi connectivity index (χ1n) is 4.34. The molecular formula is C11H7NO2. The standard InChI is InChI=1S/C11H7NO2/c13-7-1-2-8-9-3-4-12-6-11(9)14-10(8)5-7/h1-6,12H. The maximum absolute atomic E-state index is 11.1. The maximum Gasteiger partial charge on any atom is 0.182 e. The average molecular weight is 185 g/mol. The third kappa shape index (κ3) is 0.893. The van der Waals surface area contributed by atoms with E-state index in [2.05, 4.69) is 4.98 Å². The van der Waals surface area contributed by atoms with Gasteiger partial charge in [-0.3, -0.25) is 4.79 Å². The number of pyridine rings is 1.